The average Bonchev–Trinajstić information content (AvgIpc) is 2.67. The zero-order chi connectivity index (χ0) is 19.8. The van der Waals surface area contributed by atoms with Gasteiger partial charge in [0.05, 0.1) is 23.0 Å². The lowest BCUT2D eigenvalue weighted by atomic mass is 10.2. The van der Waals surface area contributed by atoms with Crippen molar-refractivity contribution in [2.24, 2.45) is 0 Å². The van der Waals surface area contributed by atoms with Gasteiger partial charge in [-0.2, -0.15) is 5.26 Å². The molecule has 2 aromatic carbocycles. The topological polar surface area (TPSA) is 114 Å². The van der Waals surface area contributed by atoms with Crippen LogP contribution < -0.4 is 4.90 Å². The van der Waals surface area contributed by atoms with E-state index in [1.165, 1.54) is 23.1 Å². The van der Waals surface area contributed by atoms with E-state index in [9.17, 15) is 19.7 Å². The number of hydrogen-bond acceptors (Lipinski definition) is 6. The number of ether oxygens (including phenoxy) is 1. The van der Waals surface area contributed by atoms with Crippen LogP contribution in [0.3, 0.4) is 0 Å². The van der Waals surface area contributed by atoms with Crippen LogP contribution in [0.2, 0.25) is 0 Å². The molecule has 0 aromatic heterocycles. The molecule has 0 radical (unpaired) electrons. The molecule has 2 rings (SSSR count). The Morgan fingerprint density at radius 1 is 1.22 bits per heavy atom. The summed E-state index contributed by atoms with van der Waals surface area (Å²) < 4.78 is 5.00. The molecule has 0 aliphatic heterocycles. The number of hydrogen-bond donors (Lipinski definition) is 0. The Hall–Kier alpha value is -3.73. The van der Waals surface area contributed by atoms with Crippen molar-refractivity contribution in [1.82, 2.24) is 0 Å². The minimum absolute atomic E-state index is 0.0177. The summed E-state index contributed by atoms with van der Waals surface area (Å²) in [6, 6.07) is 14.2. The van der Waals surface area contributed by atoms with Crippen molar-refractivity contribution in [1.29, 1.82) is 5.26 Å². The van der Waals surface area contributed by atoms with Gasteiger partial charge in [0.2, 0.25) is 0 Å². The number of non-ortho nitro benzene ring substituents is 1. The Balaban J connectivity index is 2.07. The number of nitriles is 1. The quantitative estimate of drug-likeness (QED) is 0.422. The van der Waals surface area contributed by atoms with Gasteiger partial charge in [0.25, 0.3) is 11.6 Å². The molecule has 1 amide bonds. The number of aryl methyl sites for hydroxylation is 1. The molecule has 0 fully saturated rings. The third kappa shape index (κ3) is 5.37. The van der Waals surface area contributed by atoms with Crippen LogP contribution in [0.4, 0.5) is 11.4 Å². The second-order valence-electron chi connectivity index (χ2n) is 5.67. The van der Waals surface area contributed by atoms with Crippen molar-refractivity contribution in [2.75, 3.05) is 18.1 Å². The smallest absolute Gasteiger partial charge is 0.338 e. The summed E-state index contributed by atoms with van der Waals surface area (Å²) in [4.78, 5) is 36.1. The van der Waals surface area contributed by atoms with Crippen LogP contribution >= 0.6 is 0 Å². The zero-order valence-electron chi connectivity index (χ0n) is 14.6. The molecule has 0 saturated heterocycles. The Kier molecular flexibility index (Phi) is 6.61. The highest BCUT2D eigenvalue weighted by molar-refractivity contribution is 5.97. The third-order valence-electron chi connectivity index (χ3n) is 3.71. The molecule has 138 valence electrons. The first-order valence-electron chi connectivity index (χ1n) is 8.08. The fraction of sp³-hybridized carbons (Fsp3) is 0.211. The molecule has 0 saturated carbocycles. The first-order valence-corrected chi connectivity index (χ1v) is 8.08. The van der Waals surface area contributed by atoms with E-state index in [0.717, 1.165) is 11.6 Å². The van der Waals surface area contributed by atoms with Gasteiger partial charge in [0.15, 0.2) is 6.61 Å². The van der Waals surface area contributed by atoms with Crippen LogP contribution in [0.15, 0.2) is 48.5 Å². The number of carbonyl (C=O) groups excluding carboxylic acids is 2. The molecule has 0 aliphatic rings. The molecule has 8 heteroatoms. The van der Waals surface area contributed by atoms with Crippen molar-refractivity contribution >= 4 is 23.3 Å². The standard InChI is InChI=1S/C19H17N3O5/c1-14-6-8-16(9-7-14)21(11-3-10-20)18(23)13-27-19(24)15-4-2-5-17(12-15)22(25)26/h2,4-9,12H,3,11,13H2,1H3. The van der Waals surface area contributed by atoms with Gasteiger partial charge in [-0.15, -0.1) is 0 Å². The predicted octanol–water partition coefficient (Wildman–Crippen LogP) is 3.01. The van der Waals surface area contributed by atoms with E-state index < -0.39 is 23.4 Å². The van der Waals surface area contributed by atoms with Crippen molar-refractivity contribution < 1.29 is 19.2 Å². The molecule has 0 spiro atoms. The molecule has 8 nitrogen and oxygen atoms in total. The fourth-order valence-corrected chi connectivity index (χ4v) is 2.32. The molecule has 0 bridgehead atoms. The van der Waals surface area contributed by atoms with Crippen LogP contribution in [0.1, 0.15) is 22.3 Å². The summed E-state index contributed by atoms with van der Waals surface area (Å²) in [5.41, 5.74) is 1.35. The van der Waals surface area contributed by atoms with Crippen molar-refractivity contribution in [3.8, 4) is 6.07 Å². The molecular weight excluding hydrogens is 350 g/mol. The Morgan fingerprint density at radius 3 is 2.56 bits per heavy atom. The molecular formula is C19H17N3O5. The number of carbonyl (C=O) groups is 2. The van der Waals surface area contributed by atoms with E-state index in [2.05, 4.69) is 0 Å². The SMILES string of the molecule is Cc1ccc(N(CCC#N)C(=O)COC(=O)c2cccc([N+](=O)[O-])c2)cc1. The van der Waals surface area contributed by atoms with Gasteiger partial charge in [-0.25, -0.2) is 4.79 Å². The minimum Gasteiger partial charge on any atom is -0.452 e. The van der Waals surface area contributed by atoms with Gasteiger partial charge in [-0.3, -0.25) is 14.9 Å². The van der Waals surface area contributed by atoms with Gasteiger partial charge >= 0.3 is 5.97 Å². The number of benzene rings is 2. The first kappa shape index (κ1) is 19.6. The van der Waals surface area contributed by atoms with Crippen LogP contribution in [-0.2, 0) is 9.53 Å². The molecule has 0 N–H and O–H groups in total. The van der Waals surface area contributed by atoms with Crippen LogP contribution in [-0.4, -0.2) is 30.0 Å². The molecule has 0 unspecified atom stereocenters. The predicted molar refractivity (Wildman–Crippen MR) is 97.1 cm³/mol. The van der Waals surface area contributed by atoms with Crippen molar-refractivity contribution in [3.63, 3.8) is 0 Å². The minimum atomic E-state index is -0.837. The van der Waals surface area contributed by atoms with Crippen LogP contribution in [0.5, 0.6) is 0 Å². The maximum Gasteiger partial charge on any atom is 0.338 e. The summed E-state index contributed by atoms with van der Waals surface area (Å²) in [7, 11) is 0. The number of rotatable bonds is 7. The van der Waals surface area contributed by atoms with E-state index in [0.29, 0.717) is 5.69 Å². The highest BCUT2D eigenvalue weighted by Gasteiger charge is 2.19. The lowest BCUT2D eigenvalue weighted by molar-refractivity contribution is -0.384. The van der Waals surface area contributed by atoms with E-state index in [1.807, 2.05) is 25.1 Å². The van der Waals surface area contributed by atoms with E-state index in [1.54, 1.807) is 12.1 Å². The Morgan fingerprint density at radius 2 is 1.93 bits per heavy atom. The second-order valence-corrected chi connectivity index (χ2v) is 5.67. The maximum atomic E-state index is 12.5. The monoisotopic (exact) mass is 367 g/mol. The third-order valence-corrected chi connectivity index (χ3v) is 3.71. The molecule has 0 atom stereocenters. The Bertz CT molecular complexity index is 887. The number of nitrogens with zero attached hydrogens (tertiary/aromatic N) is 3. The molecule has 0 heterocycles. The van der Waals surface area contributed by atoms with Crippen molar-refractivity contribution in [2.45, 2.75) is 13.3 Å². The summed E-state index contributed by atoms with van der Waals surface area (Å²) in [5, 5.41) is 19.6. The summed E-state index contributed by atoms with van der Waals surface area (Å²) in [6.07, 6.45) is 0.123. The fourth-order valence-electron chi connectivity index (χ4n) is 2.32. The highest BCUT2D eigenvalue weighted by atomic mass is 16.6. The van der Waals surface area contributed by atoms with Gasteiger partial charge in [0, 0.05) is 24.4 Å². The number of anilines is 1. The van der Waals surface area contributed by atoms with E-state index in [4.69, 9.17) is 10.00 Å². The van der Waals surface area contributed by atoms with E-state index >= 15 is 0 Å². The summed E-state index contributed by atoms with van der Waals surface area (Å²) in [5.74, 6) is -1.33. The highest BCUT2D eigenvalue weighted by Crippen LogP contribution is 2.17. The molecule has 27 heavy (non-hydrogen) atoms. The van der Waals surface area contributed by atoms with Gasteiger partial charge < -0.3 is 9.64 Å². The van der Waals surface area contributed by atoms with Gasteiger partial charge in [-0.05, 0) is 25.1 Å². The van der Waals surface area contributed by atoms with Crippen molar-refractivity contribution in [3.05, 3.63) is 69.8 Å². The lowest BCUT2D eigenvalue weighted by Crippen LogP contribution is -2.35. The lowest BCUT2D eigenvalue weighted by Gasteiger charge is -2.21. The normalized spacial score (nSPS) is 9.93. The zero-order valence-corrected chi connectivity index (χ0v) is 14.6. The number of nitro groups is 1. The molecule has 0 aliphatic carbocycles. The van der Waals surface area contributed by atoms with Crippen LogP contribution in [0.25, 0.3) is 0 Å². The number of amides is 1. The molecule has 2 aromatic rings. The maximum absolute atomic E-state index is 12.5. The summed E-state index contributed by atoms with van der Waals surface area (Å²) in [6.45, 7) is 1.53. The first-order chi connectivity index (χ1) is 12.9. The average molecular weight is 367 g/mol. The summed E-state index contributed by atoms with van der Waals surface area (Å²) >= 11 is 0. The number of esters is 1. The van der Waals surface area contributed by atoms with Gasteiger partial charge in [-0.1, -0.05) is 23.8 Å². The van der Waals surface area contributed by atoms with E-state index in [-0.39, 0.29) is 24.2 Å². The van der Waals surface area contributed by atoms with Gasteiger partial charge in [0.1, 0.15) is 0 Å². The largest absolute Gasteiger partial charge is 0.452 e. The number of nitro benzene ring substituents is 1. The van der Waals surface area contributed by atoms with Crippen LogP contribution in [0, 0.1) is 28.4 Å². The Labute approximate surface area is 155 Å². The second kappa shape index (κ2) is 9.10.